The van der Waals surface area contributed by atoms with Crippen molar-refractivity contribution in [1.82, 2.24) is 5.32 Å². The lowest BCUT2D eigenvalue weighted by Crippen LogP contribution is -2.29. The van der Waals surface area contributed by atoms with Crippen LogP contribution in [0.15, 0.2) is 48.5 Å². The molecule has 24 heavy (non-hydrogen) atoms. The van der Waals surface area contributed by atoms with Gasteiger partial charge in [0.1, 0.15) is 12.4 Å². The highest BCUT2D eigenvalue weighted by atomic mass is 35.5. The Morgan fingerprint density at radius 1 is 1.04 bits per heavy atom. The Hall–Kier alpha value is -2.20. The molecule has 0 radical (unpaired) electrons. The predicted molar refractivity (Wildman–Crippen MR) is 98.8 cm³/mol. The fourth-order valence-corrected chi connectivity index (χ4v) is 2.26. The van der Waals surface area contributed by atoms with Crippen LogP contribution in [-0.2, 0) is 6.61 Å². The quantitative estimate of drug-likeness (QED) is 0.643. The summed E-state index contributed by atoms with van der Waals surface area (Å²) < 4.78 is 5.71. The van der Waals surface area contributed by atoms with Gasteiger partial charge in [-0.3, -0.25) is 0 Å². The highest BCUT2D eigenvalue weighted by molar-refractivity contribution is 6.30. The van der Waals surface area contributed by atoms with E-state index in [0.29, 0.717) is 18.2 Å². The molecule has 2 rings (SSSR count). The average Bonchev–Trinajstić information content (AvgIpc) is 2.59. The number of benzene rings is 2. The first-order valence-corrected chi connectivity index (χ1v) is 8.57. The summed E-state index contributed by atoms with van der Waals surface area (Å²) in [7, 11) is 0. The molecular formula is C19H23ClN2O2. The van der Waals surface area contributed by atoms with Gasteiger partial charge in [-0.25, -0.2) is 4.79 Å². The van der Waals surface area contributed by atoms with Crippen LogP contribution in [0.3, 0.4) is 0 Å². The first-order valence-electron chi connectivity index (χ1n) is 8.19. The molecule has 0 unspecified atom stereocenters. The van der Waals surface area contributed by atoms with Gasteiger partial charge in [-0.05, 0) is 48.4 Å². The van der Waals surface area contributed by atoms with Crippen LogP contribution in [0, 0.1) is 0 Å². The average molecular weight is 347 g/mol. The Bertz CT molecular complexity index is 627. The summed E-state index contributed by atoms with van der Waals surface area (Å²) in [5, 5.41) is 6.36. The van der Waals surface area contributed by atoms with E-state index in [1.54, 1.807) is 0 Å². The van der Waals surface area contributed by atoms with Crippen molar-refractivity contribution in [3.05, 3.63) is 59.1 Å². The molecule has 128 valence electrons. The van der Waals surface area contributed by atoms with Crippen LogP contribution in [-0.4, -0.2) is 12.6 Å². The number of amides is 2. The molecule has 0 fully saturated rings. The maximum atomic E-state index is 11.7. The third-order valence-corrected chi connectivity index (χ3v) is 3.75. The normalized spacial score (nSPS) is 10.2. The fourth-order valence-electron chi connectivity index (χ4n) is 2.13. The van der Waals surface area contributed by atoms with Crippen molar-refractivity contribution >= 4 is 23.3 Å². The zero-order valence-electron chi connectivity index (χ0n) is 13.8. The molecule has 0 aliphatic rings. The van der Waals surface area contributed by atoms with Crippen LogP contribution in [0.4, 0.5) is 10.5 Å². The van der Waals surface area contributed by atoms with E-state index in [2.05, 4.69) is 17.6 Å². The summed E-state index contributed by atoms with van der Waals surface area (Å²) in [4.78, 5) is 11.7. The Balaban J connectivity index is 1.75. The smallest absolute Gasteiger partial charge is 0.319 e. The van der Waals surface area contributed by atoms with E-state index in [-0.39, 0.29) is 6.03 Å². The number of carbonyl (C=O) groups excluding carboxylic acids is 1. The molecule has 2 aromatic rings. The van der Waals surface area contributed by atoms with Crippen molar-refractivity contribution in [2.75, 3.05) is 11.9 Å². The van der Waals surface area contributed by atoms with Crippen molar-refractivity contribution in [1.29, 1.82) is 0 Å². The van der Waals surface area contributed by atoms with Crippen molar-refractivity contribution in [2.45, 2.75) is 32.8 Å². The zero-order chi connectivity index (χ0) is 17.2. The third kappa shape index (κ3) is 6.50. The second-order valence-electron chi connectivity index (χ2n) is 5.53. The van der Waals surface area contributed by atoms with Crippen molar-refractivity contribution in [3.63, 3.8) is 0 Å². The fraction of sp³-hybridized carbons (Fsp3) is 0.316. The highest BCUT2D eigenvalue weighted by Crippen LogP contribution is 2.17. The van der Waals surface area contributed by atoms with Crippen LogP contribution in [0.5, 0.6) is 5.75 Å². The maximum Gasteiger partial charge on any atom is 0.319 e. The minimum atomic E-state index is -0.180. The van der Waals surface area contributed by atoms with Crippen LogP contribution in [0.25, 0.3) is 0 Å². The largest absolute Gasteiger partial charge is 0.489 e. The number of unbranched alkanes of at least 4 members (excludes halogenated alkanes) is 2. The SMILES string of the molecule is CCCCCNC(=O)Nc1ccc(OCc2ccc(Cl)cc2)cc1. The van der Waals surface area contributed by atoms with E-state index in [4.69, 9.17) is 16.3 Å². The van der Waals surface area contributed by atoms with Crippen LogP contribution >= 0.6 is 11.6 Å². The molecule has 2 N–H and O–H groups in total. The van der Waals surface area contributed by atoms with E-state index in [1.807, 2.05) is 48.5 Å². The lowest BCUT2D eigenvalue weighted by molar-refractivity contribution is 0.252. The molecule has 5 heteroatoms. The zero-order valence-corrected chi connectivity index (χ0v) is 14.6. The monoisotopic (exact) mass is 346 g/mol. The molecule has 0 heterocycles. The van der Waals surface area contributed by atoms with E-state index in [0.717, 1.165) is 36.3 Å². The Morgan fingerprint density at radius 3 is 2.42 bits per heavy atom. The molecular weight excluding hydrogens is 324 g/mol. The summed E-state index contributed by atoms with van der Waals surface area (Å²) >= 11 is 5.85. The molecule has 0 saturated heterocycles. The Kier molecular flexibility index (Phi) is 7.43. The number of anilines is 1. The summed E-state index contributed by atoms with van der Waals surface area (Å²) in [6.45, 7) is 3.31. The van der Waals surface area contributed by atoms with Crippen molar-refractivity contribution in [2.24, 2.45) is 0 Å². The molecule has 0 aliphatic carbocycles. The van der Waals surface area contributed by atoms with Gasteiger partial charge in [-0.1, -0.05) is 43.5 Å². The lowest BCUT2D eigenvalue weighted by Gasteiger charge is -2.09. The van der Waals surface area contributed by atoms with E-state index in [9.17, 15) is 4.79 Å². The maximum absolute atomic E-state index is 11.7. The molecule has 0 spiro atoms. The van der Waals surface area contributed by atoms with Gasteiger partial charge < -0.3 is 15.4 Å². The number of carbonyl (C=O) groups is 1. The second-order valence-corrected chi connectivity index (χ2v) is 5.96. The molecule has 0 bridgehead atoms. The first kappa shape index (κ1) is 18.1. The van der Waals surface area contributed by atoms with E-state index >= 15 is 0 Å². The Labute approximate surface area is 148 Å². The second kappa shape index (κ2) is 9.83. The molecule has 4 nitrogen and oxygen atoms in total. The summed E-state index contributed by atoms with van der Waals surface area (Å²) in [5.41, 5.74) is 1.79. The topological polar surface area (TPSA) is 50.4 Å². The standard InChI is InChI=1S/C19H23ClN2O2/c1-2-3-4-13-21-19(23)22-17-9-11-18(12-10-17)24-14-15-5-7-16(20)8-6-15/h5-12H,2-4,13-14H2,1H3,(H2,21,22,23). The minimum absolute atomic E-state index is 0.180. The summed E-state index contributed by atoms with van der Waals surface area (Å²) in [5.74, 6) is 0.749. The van der Waals surface area contributed by atoms with Gasteiger partial charge in [0, 0.05) is 17.3 Å². The molecule has 2 aromatic carbocycles. The molecule has 0 atom stereocenters. The Morgan fingerprint density at radius 2 is 1.75 bits per heavy atom. The molecule has 0 aromatic heterocycles. The molecule has 0 aliphatic heterocycles. The van der Waals surface area contributed by atoms with E-state index < -0.39 is 0 Å². The van der Waals surface area contributed by atoms with Crippen LogP contribution < -0.4 is 15.4 Å². The number of halogens is 1. The number of nitrogens with one attached hydrogen (secondary N) is 2. The van der Waals surface area contributed by atoms with Crippen LogP contribution in [0.1, 0.15) is 31.7 Å². The van der Waals surface area contributed by atoms with Gasteiger partial charge in [-0.2, -0.15) is 0 Å². The van der Waals surface area contributed by atoms with Gasteiger partial charge >= 0.3 is 6.03 Å². The summed E-state index contributed by atoms with van der Waals surface area (Å²) in [6.07, 6.45) is 3.27. The van der Waals surface area contributed by atoms with Gasteiger partial charge in [0.25, 0.3) is 0 Å². The lowest BCUT2D eigenvalue weighted by atomic mass is 10.2. The minimum Gasteiger partial charge on any atom is -0.489 e. The third-order valence-electron chi connectivity index (χ3n) is 3.50. The molecule has 2 amide bonds. The number of hydrogen-bond donors (Lipinski definition) is 2. The highest BCUT2D eigenvalue weighted by Gasteiger charge is 2.02. The number of rotatable bonds is 8. The van der Waals surface area contributed by atoms with Gasteiger partial charge in [0.2, 0.25) is 0 Å². The van der Waals surface area contributed by atoms with Crippen molar-refractivity contribution in [3.8, 4) is 5.75 Å². The number of ether oxygens (including phenoxy) is 1. The number of hydrogen-bond acceptors (Lipinski definition) is 2. The van der Waals surface area contributed by atoms with Gasteiger partial charge in [0.05, 0.1) is 0 Å². The predicted octanol–water partition coefficient (Wildman–Crippen LogP) is 5.23. The van der Waals surface area contributed by atoms with E-state index in [1.165, 1.54) is 0 Å². The van der Waals surface area contributed by atoms with Crippen LogP contribution in [0.2, 0.25) is 5.02 Å². The first-order chi connectivity index (χ1) is 11.7. The van der Waals surface area contributed by atoms with Gasteiger partial charge in [-0.15, -0.1) is 0 Å². The molecule has 0 saturated carbocycles. The summed E-state index contributed by atoms with van der Waals surface area (Å²) in [6, 6.07) is 14.7. The van der Waals surface area contributed by atoms with Gasteiger partial charge in [0.15, 0.2) is 0 Å². The number of urea groups is 1. The van der Waals surface area contributed by atoms with Crippen molar-refractivity contribution < 1.29 is 9.53 Å².